The number of rotatable bonds is 5. The number of hydrogen-bond donors (Lipinski definition) is 1. The van der Waals surface area contributed by atoms with Crippen LogP contribution in [0.4, 0.5) is 0 Å². The van der Waals surface area contributed by atoms with E-state index in [2.05, 4.69) is 71.8 Å². The van der Waals surface area contributed by atoms with Crippen LogP contribution in [0.3, 0.4) is 0 Å². The van der Waals surface area contributed by atoms with Crippen molar-refractivity contribution in [3.05, 3.63) is 78.1 Å². The Bertz CT molecular complexity index is 702. The van der Waals surface area contributed by atoms with Crippen LogP contribution in [0.2, 0.25) is 0 Å². The van der Waals surface area contributed by atoms with Crippen molar-refractivity contribution >= 4 is 10.8 Å². The molecule has 106 valence electrons. The summed E-state index contributed by atoms with van der Waals surface area (Å²) in [6, 6.07) is 19.4. The minimum absolute atomic E-state index is 0.288. The van der Waals surface area contributed by atoms with Crippen LogP contribution in [-0.2, 0) is 6.42 Å². The van der Waals surface area contributed by atoms with Crippen LogP contribution in [0.5, 0.6) is 0 Å². The molecule has 3 rings (SSSR count). The fourth-order valence-corrected chi connectivity index (χ4v) is 2.81. The lowest BCUT2D eigenvalue weighted by atomic mass is 9.96. The Hall–Kier alpha value is -2.19. The van der Waals surface area contributed by atoms with Gasteiger partial charge in [0, 0.05) is 23.8 Å². The lowest BCUT2D eigenvalue weighted by Crippen LogP contribution is -2.23. The fraction of sp³-hybridized carbons (Fsp3) is 0.211. The molecule has 0 radical (unpaired) electrons. The number of nitrogens with zero attached hydrogens (tertiary/aromatic N) is 1. The molecule has 0 aliphatic carbocycles. The quantitative estimate of drug-likeness (QED) is 0.758. The average molecular weight is 276 g/mol. The Labute approximate surface area is 125 Å². The second kappa shape index (κ2) is 6.51. The van der Waals surface area contributed by atoms with E-state index in [1.807, 2.05) is 12.4 Å². The predicted octanol–water partition coefficient (Wildman–Crippen LogP) is 4.13. The van der Waals surface area contributed by atoms with Gasteiger partial charge in [-0.25, -0.2) is 0 Å². The van der Waals surface area contributed by atoms with Gasteiger partial charge in [-0.05, 0) is 29.5 Å². The first-order valence-corrected chi connectivity index (χ1v) is 7.48. The highest BCUT2D eigenvalue weighted by atomic mass is 14.9. The molecule has 0 amide bonds. The van der Waals surface area contributed by atoms with Gasteiger partial charge in [-0.1, -0.05) is 61.5 Å². The molecule has 2 nitrogen and oxygen atoms in total. The SMILES string of the molecule is CCNC(Cc1ccccc1)c1cncc2ccccc12. The Kier molecular flexibility index (Phi) is 4.27. The second-order valence-electron chi connectivity index (χ2n) is 5.25. The smallest absolute Gasteiger partial charge is 0.0382 e. The third-order valence-electron chi connectivity index (χ3n) is 3.81. The van der Waals surface area contributed by atoms with Crippen molar-refractivity contribution in [3.63, 3.8) is 0 Å². The predicted molar refractivity (Wildman–Crippen MR) is 88.3 cm³/mol. The van der Waals surface area contributed by atoms with Gasteiger partial charge in [-0.2, -0.15) is 0 Å². The third-order valence-corrected chi connectivity index (χ3v) is 3.81. The molecular weight excluding hydrogens is 256 g/mol. The van der Waals surface area contributed by atoms with Crippen molar-refractivity contribution in [1.82, 2.24) is 10.3 Å². The van der Waals surface area contributed by atoms with Crippen molar-refractivity contribution in [3.8, 4) is 0 Å². The van der Waals surface area contributed by atoms with Gasteiger partial charge in [0.25, 0.3) is 0 Å². The highest BCUT2D eigenvalue weighted by Crippen LogP contribution is 2.25. The largest absolute Gasteiger partial charge is 0.310 e. The molecule has 0 saturated carbocycles. The van der Waals surface area contributed by atoms with Gasteiger partial charge in [0.1, 0.15) is 0 Å². The van der Waals surface area contributed by atoms with Crippen LogP contribution in [0, 0.1) is 0 Å². The molecule has 0 aliphatic rings. The maximum Gasteiger partial charge on any atom is 0.0382 e. The highest BCUT2D eigenvalue weighted by molar-refractivity contribution is 5.85. The van der Waals surface area contributed by atoms with Crippen molar-refractivity contribution in [2.45, 2.75) is 19.4 Å². The summed E-state index contributed by atoms with van der Waals surface area (Å²) in [5.41, 5.74) is 2.62. The summed E-state index contributed by atoms with van der Waals surface area (Å²) in [6.45, 7) is 3.09. The van der Waals surface area contributed by atoms with E-state index in [-0.39, 0.29) is 6.04 Å². The van der Waals surface area contributed by atoms with E-state index in [1.54, 1.807) is 0 Å². The van der Waals surface area contributed by atoms with E-state index < -0.39 is 0 Å². The molecule has 1 unspecified atom stereocenters. The number of pyridine rings is 1. The Balaban J connectivity index is 1.99. The van der Waals surface area contributed by atoms with Gasteiger partial charge in [-0.3, -0.25) is 4.98 Å². The normalized spacial score (nSPS) is 12.4. The maximum atomic E-state index is 4.42. The minimum atomic E-state index is 0.288. The summed E-state index contributed by atoms with van der Waals surface area (Å²) in [5, 5.41) is 6.09. The van der Waals surface area contributed by atoms with Gasteiger partial charge in [0.05, 0.1) is 0 Å². The fourth-order valence-electron chi connectivity index (χ4n) is 2.81. The van der Waals surface area contributed by atoms with Crippen molar-refractivity contribution in [2.24, 2.45) is 0 Å². The van der Waals surface area contributed by atoms with E-state index in [9.17, 15) is 0 Å². The molecule has 1 aromatic heterocycles. The van der Waals surface area contributed by atoms with Crippen LogP contribution >= 0.6 is 0 Å². The zero-order valence-corrected chi connectivity index (χ0v) is 12.3. The van der Waals surface area contributed by atoms with Gasteiger partial charge >= 0.3 is 0 Å². The van der Waals surface area contributed by atoms with Crippen molar-refractivity contribution in [1.29, 1.82) is 0 Å². The number of aromatic nitrogens is 1. The molecule has 1 N–H and O–H groups in total. The van der Waals surface area contributed by atoms with E-state index >= 15 is 0 Å². The molecule has 21 heavy (non-hydrogen) atoms. The molecule has 0 saturated heterocycles. The first-order valence-electron chi connectivity index (χ1n) is 7.48. The maximum absolute atomic E-state index is 4.42. The Morgan fingerprint density at radius 1 is 0.952 bits per heavy atom. The van der Waals surface area contributed by atoms with E-state index in [1.165, 1.54) is 21.9 Å². The molecule has 0 bridgehead atoms. The third kappa shape index (κ3) is 3.11. The van der Waals surface area contributed by atoms with Crippen LogP contribution in [0.25, 0.3) is 10.8 Å². The van der Waals surface area contributed by atoms with Crippen molar-refractivity contribution in [2.75, 3.05) is 6.54 Å². The first-order chi connectivity index (χ1) is 10.4. The molecule has 0 aliphatic heterocycles. The first kappa shape index (κ1) is 13.8. The van der Waals surface area contributed by atoms with Crippen LogP contribution < -0.4 is 5.32 Å². The lowest BCUT2D eigenvalue weighted by molar-refractivity contribution is 0.552. The molecule has 2 heteroatoms. The summed E-state index contributed by atoms with van der Waals surface area (Å²) in [4.78, 5) is 4.42. The number of likely N-dealkylation sites (N-methyl/N-ethyl adjacent to an activating group) is 1. The zero-order valence-electron chi connectivity index (χ0n) is 12.3. The van der Waals surface area contributed by atoms with Gasteiger partial charge < -0.3 is 5.32 Å². The lowest BCUT2D eigenvalue weighted by Gasteiger charge is -2.20. The van der Waals surface area contributed by atoms with Crippen LogP contribution in [0.15, 0.2) is 67.0 Å². The monoisotopic (exact) mass is 276 g/mol. The number of benzene rings is 2. The molecule has 2 aromatic carbocycles. The Morgan fingerprint density at radius 3 is 2.52 bits per heavy atom. The number of hydrogen-bond acceptors (Lipinski definition) is 2. The van der Waals surface area contributed by atoms with E-state index in [0.29, 0.717) is 0 Å². The number of fused-ring (bicyclic) bond motifs is 1. The standard InChI is InChI=1S/C19H20N2/c1-2-21-19(12-15-8-4-3-5-9-15)18-14-20-13-16-10-6-7-11-17(16)18/h3-11,13-14,19,21H,2,12H2,1H3. The van der Waals surface area contributed by atoms with E-state index in [0.717, 1.165) is 13.0 Å². The van der Waals surface area contributed by atoms with Gasteiger partial charge in [-0.15, -0.1) is 0 Å². The minimum Gasteiger partial charge on any atom is -0.310 e. The molecule has 1 heterocycles. The van der Waals surface area contributed by atoms with Gasteiger partial charge in [0.2, 0.25) is 0 Å². The summed E-state index contributed by atoms with van der Waals surface area (Å²) < 4.78 is 0. The van der Waals surface area contributed by atoms with Crippen LogP contribution in [-0.4, -0.2) is 11.5 Å². The average Bonchev–Trinajstić information content (AvgIpc) is 2.55. The molecule has 1 atom stereocenters. The molecular formula is C19H20N2. The summed E-state index contributed by atoms with van der Waals surface area (Å²) >= 11 is 0. The zero-order chi connectivity index (χ0) is 14.5. The van der Waals surface area contributed by atoms with Gasteiger partial charge in [0.15, 0.2) is 0 Å². The molecule has 0 fully saturated rings. The highest BCUT2D eigenvalue weighted by Gasteiger charge is 2.14. The Morgan fingerprint density at radius 2 is 1.71 bits per heavy atom. The summed E-state index contributed by atoms with van der Waals surface area (Å²) in [5.74, 6) is 0. The molecule has 3 aromatic rings. The topological polar surface area (TPSA) is 24.9 Å². The van der Waals surface area contributed by atoms with E-state index in [4.69, 9.17) is 0 Å². The van der Waals surface area contributed by atoms with Crippen LogP contribution in [0.1, 0.15) is 24.1 Å². The summed E-state index contributed by atoms with van der Waals surface area (Å²) in [6.07, 6.45) is 4.91. The molecule has 0 spiro atoms. The van der Waals surface area contributed by atoms with Crippen molar-refractivity contribution < 1.29 is 0 Å². The second-order valence-corrected chi connectivity index (χ2v) is 5.25. The number of nitrogens with one attached hydrogen (secondary N) is 1. The summed E-state index contributed by atoms with van der Waals surface area (Å²) in [7, 11) is 0.